The predicted molar refractivity (Wildman–Crippen MR) is 49.2 cm³/mol. The molecule has 0 atom stereocenters. The summed E-state index contributed by atoms with van der Waals surface area (Å²) in [7, 11) is 1.66. The number of ether oxygens (including phenoxy) is 1. The third-order valence-corrected chi connectivity index (χ3v) is 1.58. The lowest BCUT2D eigenvalue weighted by atomic mass is 10.3. The van der Waals surface area contributed by atoms with E-state index in [-0.39, 0.29) is 23.1 Å². The van der Waals surface area contributed by atoms with Crippen molar-refractivity contribution >= 4 is 39.0 Å². The normalized spacial score (nSPS) is 8.20. The van der Waals surface area contributed by atoms with Gasteiger partial charge >= 0.3 is 23.1 Å². The smallest absolute Gasteiger partial charge is 0.316 e. The van der Waals surface area contributed by atoms with Crippen molar-refractivity contribution in [2.75, 3.05) is 7.11 Å². The van der Waals surface area contributed by atoms with Gasteiger partial charge in [-0.2, -0.15) is 0 Å². The van der Waals surface area contributed by atoms with Gasteiger partial charge in [0, 0.05) is 4.47 Å². The van der Waals surface area contributed by atoms with Gasteiger partial charge in [0.25, 0.3) is 0 Å². The maximum Gasteiger partial charge on any atom is 0.316 e. The first-order valence-corrected chi connectivity index (χ1v) is 3.42. The number of rotatable bonds is 1. The van der Waals surface area contributed by atoms with E-state index in [0.29, 0.717) is 0 Å². The quantitative estimate of drug-likeness (QED) is 0.643. The molecule has 0 radical (unpaired) electrons. The molecule has 1 rings (SSSR count). The van der Waals surface area contributed by atoms with Crippen LogP contribution in [-0.2, 0) is 0 Å². The zero-order chi connectivity index (χ0) is 6.69. The minimum absolute atomic E-state index is 0. The molecule has 0 spiro atoms. The summed E-state index contributed by atoms with van der Waals surface area (Å²) in [6, 6.07) is 7.70. The van der Waals surface area contributed by atoms with Gasteiger partial charge in [-0.15, -0.1) is 0 Å². The fourth-order valence-corrected chi connectivity index (χ4v) is 0.835. The molecular weight excluding hydrogens is 204 g/mol. The lowest BCUT2D eigenvalue weighted by Gasteiger charge is -1.96. The number of benzene rings is 1. The monoisotopic (exact) mass is 212 g/mol. The van der Waals surface area contributed by atoms with Gasteiger partial charge in [-0.3, -0.25) is 0 Å². The van der Waals surface area contributed by atoms with Gasteiger partial charge in [0.05, 0.1) is 7.11 Å². The van der Waals surface area contributed by atoms with Crippen molar-refractivity contribution in [1.82, 2.24) is 0 Å². The van der Waals surface area contributed by atoms with Gasteiger partial charge in [-0.05, 0) is 24.3 Å². The zero-order valence-electron chi connectivity index (χ0n) is 5.10. The summed E-state index contributed by atoms with van der Waals surface area (Å²) in [6.07, 6.45) is 0. The average Bonchev–Trinajstić information content (AvgIpc) is 1.90. The molecule has 0 bridgehead atoms. The molecule has 0 unspecified atom stereocenters. The average molecular weight is 213 g/mol. The van der Waals surface area contributed by atoms with Gasteiger partial charge in [-0.1, -0.05) is 15.9 Å². The summed E-state index contributed by atoms with van der Waals surface area (Å²) in [5.74, 6) is 0.887. The Kier molecular flexibility index (Phi) is 5.12. The summed E-state index contributed by atoms with van der Waals surface area (Å²) < 4.78 is 6.02. The third-order valence-electron chi connectivity index (χ3n) is 1.05. The molecule has 52 valence electrons. The molecule has 1 nitrogen and oxygen atoms in total. The van der Waals surface area contributed by atoms with Crippen LogP contribution in [0.3, 0.4) is 0 Å². The van der Waals surface area contributed by atoms with Crippen LogP contribution in [-0.4, -0.2) is 30.2 Å². The molecule has 0 saturated heterocycles. The molecule has 10 heavy (non-hydrogen) atoms. The summed E-state index contributed by atoms with van der Waals surface area (Å²) in [5.41, 5.74) is 0. The van der Waals surface area contributed by atoms with Crippen LogP contribution >= 0.6 is 15.9 Å². The maximum absolute atomic E-state index is 4.95. The van der Waals surface area contributed by atoms with Crippen LogP contribution in [0.2, 0.25) is 0 Å². The summed E-state index contributed by atoms with van der Waals surface area (Å²) >= 11 is 3.32. The van der Waals surface area contributed by atoms with Crippen LogP contribution < -0.4 is 4.74 Å². The van der Waals surface area contributed by atoms with Crippen molar-refractivity contribution in [3.63, 3.8) is 0 Å². The highest BCUT2D eigenvalue weighted by Gasteiger charge is 1.86. The van der Waals surface area contributed by atoms with Crippen LogP contribution in [0, 0.1) is 0 Å². The third kappa shape index (κ3) is 2.90. The van der Waals surface area contributed by atoms with Gasteiger partial charge < -0.3 is 4.74 Å². The molecule has 0 saturated carbocycles. The fraction of sp³-hybridized carbons (Fsp3) is 0.143. The number of hydrogen-bond donors (Lipinski definition) is 0. The number of methoxy groups -OCH3 is 1. The highest BCUT2D eigenvalue weighted by Crippen LogP contribution is 2.14. The van der Waals surface area contributed by atoms with E-state index in [4.69, 9.17) is 4.74 Å². The molecular formula is C7H9BrMgO. The second-order valence-corrected chi connectivity index (χ2v) is 2.57. The summed E-state index contributed by atoms with van der Waals surface area (Å²) in [6.45, 7) is 0. The van der Waals surface area contributed by atoms with E-state index in [1.807, 2.05) is 24.3 Å². The van der Waals surface area contributed by atoms with Crippen molar-refractivity contribution in [2.24, 2.45) is 0 Å². The van der Waals surface area contributed by atoms with Crippen LogP contribution in [0.1, 0.15) is 0 Å². The standard InChI is InChI=1S/C7H7BrO.Mg.2H/c1-9-7-4-2-6(8)3-5-7;;;/h2-5H,1H3;;;. The minimum Gasteiger partial charge on any atom is -0.497 e. The highest BCUT2D eigenvalue weighted by molar-refractivity contribution is 9.10. The lowest BCUT2D eigenvalue weighted by molar-refractivity contribution is 0.414. The molecule has 1 aromatic carbocycles. The van der Waals surface area contributed by atoms with Crippen LogP contribution in [0.4, 0.5) is 0 Å². The molecule has 0 N–H and O–H groups in total. The van der Waals surface area contributed by atoms with Gasteiger partial charge in [0.1, 0.15) is 5.75 Å². The Labute approximate surface area is 85.0 Å². The van der Waals surface area contributed by atoms with E-state index in [9.17, 15) is 0 Å². The molecule has 1 aromatic rings. The Balaban J connectivity index is 0.000000810. The van der Waals surface area contributed by atoms with E-state index >= 15 is 0 Å². The van der Waals surface area contributed by atoms with Crippen LogP contribution in [0.15, 0.2) is 28.7 Å². The van der Waals surface area contributed by atoms with Gasteiger partial charge in [0.15, 0.2) is 0 Å². The first kappa shape index (κ1) is 10.3. The molecule has 0 amide bonds. The SMILES string of the molecule is COc1ccc(Br)cc1.[MgH2]. The molecule has 0 aliphatic heterocycles. The van der Waals surface area contributed by atoms with E-state index in [0.717, 1.165) is 10.2 Å². The molecule has 0 fully saturated rings. The Bertz CT molecular complexity index is 185. The van der Waals surface area contributed by atoms with Crippen molar-refractivity contribution in [3.05, 3.63) is 28.7 Å². The molecule has 0 aliphatic rings. The van der Waals surface area contributed by atoms with E-state index in [1.165, 1.54) is 0 Å². The Morgan fingerprint density at radius 2 is 1.70 bits per heavy atom. The van der Waals surface area contributed by atoms with Crippen LogP contribution in [0.5, 0.6) is 5.75 Å². The van der Waals surface area contributed by atoms with Crippen LogP contribution in [0.25, 0.3) is 0 Å². The first-order valence-electron chi connectivity index (χ1n) is 2.62. The molecule has 0 aromatic heterocycles. The Morgan fingerprint density at radius 3 is 2.10 bits per heavy atom. The highest BCUT2D eigenvalue weighted by atomic mass is 79.9. The minimum atomic E-state index is 0. The Hall–Kier alpha value is 0.266. The zero-order valence-corrected chi connectivity index (χ0v) is 6.68. The van der Waals surface area contributed by atoms with Gasteiger partial charge in [0.2, 0.25) is 0 Å². The van der Waals surface area contributed by atoms with Crippen molar-refractivity contribution in [1.29, 1.82) is 0 Å². The molecule has 0 aliphatic carbocycles. The largest absolute Gasteiger partial charge is 0.497 e. The Morgan fingerprint density at radius 1 is 1.20 bits per heavy atom. The van der Waals surface area contributed by atoms with E-state index in [2.05, 4.69) is 15.9 Å². The van der Waals surface area contributed by atoms with E-state index in [1.54, 1.807) is 7.11 Å². The molecule has 0 heterocycles. The fourth-order valence-electron chi connectivity index (χ4n) is 0.571. The second kappa shape index (κ2) is 4.99. The maximum atomic E-state index is 4.95. The van der Waals surface area contributed by atoms with Crippen molar-refractivity contribution < 1.29 is 4.74 Å². The van der Waals surface area contributed by atoms with Gasteiger partial charge in [-0.25, -0.2) is 0 Å². The molecule has 3 heteroatoms. The predicted octanol–water partition coefficient (Wildman–Crippen LogP) is 1.54. The number of halogens is 1. The topological polar surface area (TPSA) is 9.23 Å². The number of hydrogen-bond acceptors (Lipinski definition) is 1. The summed E-state index contributed by atoms with van der Waals surface area (Å²) in [4.78, 5) is 0. The first-order chi connectivity index (χ1) is 4.33. The second-order valence-electron chi connectivity index (χ2n) is 1.66. The lowest BCUT2D eigenvalue weighted by Crippen LogP contribution is -1.79. The van der Waals surface area contributed by atoms with E-state index < -0.39 is 0 Å². The summed E-state index contributed by atoms with van der Waals surface area (Å²) in [5, 5.41) is 0. The van der Waals surface area contributed by atoms with Crippen molar-refractivity contribution in [2.45, 2.75) is 0 Å². The van der Waals surface area contributed by atoms with Crippen molar-refractivity contribution in [3.8, 4) is 5.75 Å².